The van der Waals surface area contributed by atoms with E-state index in [1.807, 2.05) is 102 Å². The number of nitrogens with zero attached hydrogens (tertiary/aromatic N) is 3. The highest BCUT2D eigenvalue weighted by Gasteiger charge is 2.50. The van der Waals surface area contributed by atoms with E-state index >= 15 is 0 Å². The van der Waals surface area contributed by atoms with Crippen LogP contribution in [0.4, 0.5) is 0 Å². The number of hydrogen-bond acceptors (Lipinski definition) is 12. The molecule has 8 atom stereocenters. The third-order valence-corrected chi connectivity index (χ3v) is 18.2. The Morgan fingerprint density at radius 2 is 0.833 bits per heavy atom. The summed E-state index contributed by atoms with van der Waals surface area (Å²) in [7, 11) is 3.38. The molecular weight excluding hydrogens is 1200 g/mol. The molecule has 0 aliphatic carbocycles. The summed E-state index contributed by atoms with van der Waals surface area (Å²) in [6.45, 7) is 4.42. The smallest absolute Gasteiger partial charge is 0.187 e. The normalized spacial score (nSPS) is 17.3. The van der Waals surface area contributed by atoms with Crippen LogP contribution in [0.25, 0.3) is 0 Å². The van der Waals surface area contributed by atoms with Crippen molar-refractivity contribution in [3.8, 4) is 11.5 Å². The van der Waals surface area contributed by atoms with Crippen molar-refractivity contribution < 1.29 is 47.4 Å². The average Bonchev–Trinajstić information content (AvgIpc) is 0.998. The molecule has 0 amide bonds. The van der Waals surface area contributed by atoms with Crippen molar-refractivity contribution in [2.45, 2.75) is 224 Å². The fourth-order valence-electron chi connectivity index (χ4n) is 12.6. The predicted octanol–water partition coefficient (Wildman–Crippen LogP) is 18.5. The Labute approximate surface area is 573 Å². The van der Waals surface area contributed by atoms with Crippen LogP contribution in [0.15, 0.2) is 206 Å². The van der Waals surface area contributed by atoms with E-state index in [0.29, 0.717) is 19.8 Å². The number of rotatable bonds is 48. The van der Waals surface area contributed by atoms with Gasteiger partial charge in [0.15, 0.2) is 6.29 Å². The molecule has 13 heteroatoms. The maximum atomic E-state index is 7.49. The van der Waals surface area contributed by atoms with Crippen LogP contribution in [0.3, 0.4) is 0 Å². The Balaban J connectivity index is 1.06. The summed E-state index contributed by atoms with van der Waals surface area (Å²) >= 11 is 0. The Hall–Kier alpha value is -7.04. The van der Waals surface area contributed by atoms with E-state index in [2.05, 4.69) is 116 Å². The summed E-state index contributed by atoms with van der Waals surface area (Å²) in [5.74, 6) is 1.56. The minimum absolute atomic E-state index is 0.0761. The third-order valence-electron chi connectivity index (χ3n) is 18.2. The van der Waals surface area contributed by atoms with Crippen molar-refractivity contribution >= 4 is 0 Å². The molecule has 514 valence electrons. The van der Waals surface area contributed by atoms with Gasteiger partial charge in [0.1, 0.15) is 48.1 Å². The van der Waals surface area contributed by atoms with E-state index in [-0.39, 0.29) is 33.0 Å². The van der Waals surface area contributed by atoms with Gasteiger partial charge in [0.05, 0.1) is 78.9 Å². The largest absolute Gasteiger partial charge is 0.497 e. The van der Waals surface area contributed by atoms with Crippen molar-refractivity contribution in [1.82, 2.24) is 15.0 Å². The van der Waals surface area contributed by atoms with Crippen LogP contribution >= 0.6 is 0 Å². The van der Waals surface area contributed by atoms with Crippen LogP contribution in [-0.2, 0) is 90.4 Å². The Bertz CT molecular complexity index is 3240. The number of methoxy groups -OCH3 is 2. The lowest BCUT2D eigenvalue weighted by atomic mass is 9.97. The van der Waals surface area contributed by atoms with Gasteiger partial charge in [-0.3, -0.25) is 0 Å². The van der Waals surface area contributed by atoms with Gasteiger partial charge in [-0.15, -0.1) is 5.10 Å². The van der Waals surface area contributed by atoms with Crippen LogP contribution in [-0.4, -0.2) is 85.3 Å². The highest BCUT2D eigenvalue weighted by atomic mass is 16.7. The van der Waals surface area contributed by atoms with Gasteiger partial charge < -0.3 is 47.4 Å². The summed E-state index contributed by atoms with van der Waals surface area (Å²) in [6.07, 6.45) is 20.4. The quantitative estimate of drug-likeness (QED) is 0.0337. The summed E-state index contributed by atoms with van der Waals surface area (Å²) in [5.41, 5.74) is 8.40. The third kappa shape index (κ3) is 25.8. The van der Waals surface area contributed by atoms with Crippen LogP contribution in [0, 0.1) is 0 Å². The summed E-state index contributed by atoms with van der Waals surface area (Å²) in [4.78, 5) is 0. The fraction of sp³-hybridized carbons (Fsp3) is 0.470. The molecular formula is C83H107N3O10. The lowest BCUT2D eigenvalue weighted by Gasteiger charge is -2.46. The zero-order valence-electron chi connectivity index (χ0n) is 57.5. The predicted molar refractivity (Wildman–Crippen MR) is 381 cm³/mol. The molecule has 1 aliphatic rings. The first-order valence-corrected chi connectivity index (χ1v) is 35.8. The second kappa shape index (κ2) is 43.3. The number of aromatic nitrogens is 3. The van der Waals surface area contributed by atoms with E-state index < -0.39 is 49.0 Å². The topological polar surface area (TPSA) is 123 Å². The lowest BCUT2D eigenvalue weighted by molar-refractivity contribution is -0.331. The molecule has 0 N–H and O–H groups in total. The van der Waals surface area contributed by atoms with E-state index in [1.54, 1.807) is 14.2 Å². The minimum atomic E-state index is -0.999. The van der Waals surface area contributed by atoms with E-state index in [0.717, 1.165) is 108 Å². The molecule has 2 heterocycles. The first-order chi connectivity index (χ1) is 47.5. The molecule has 96 heavy (non-hydrogen) atoms. The van der Waals surface area contributed by atoms with Gasteiger partial charge in [-0.1, -0.05) is 284 Å². The van der Waals surface area contributed by atoms with Crippen molar-refractivity contribution in [3.05, 3.63) is 251 Å². The summed E-state index contributed by atoms with van der Waals surface area (Å²) in [6, 6.07) is 67.3. The Morgan fingerprint density at radius 1 is 0.406 bits per heavy atom. The maximum absolute atomic E-state index is 7.49. The first kappa shape index (κ1) is 73.2. The number of ether oxygens (including phenoxy) is 10. The molecule has 0 spiro atoms. The summed E-state index contributed by atoms with van der Waals surface area (Å²) in [5, 5.41) is 9.96. The van der Waals surface area contributed by atoms with Crippen molar-refractivity contribution in [3.63, 3.8) is 0 Å². The zero-order chi connectivity index (χ0) is 66.3. The van der Waals surface area contributed by atoms with Gasteiger partial charge >= 0.3 is 0 Å². The zero-order valence-corrected chi connectivity index (χ0v) is 57.5. The Morgan fingerprint density at radius 3 is 1.34 bits per heavy atom. The van der Waals surface area contributed by atoms with E-state index in [4.69, 9.17) is 57.7 Å². The highest BCUT2D eigenvalue weighted by Crippen LogP contribution is 2.35. The van der Waals surface area contributed by atoms with Crippen LogP contribution in [0.2, 0.25) is 0 Å². The summed E-state index contributed by atoms with van der Waals surface area (Å²) < 4.78 is 70.9. The van der Waals surface area contributed by atoms with Gasteiger partial charge in [-0.25, -0.2) is 4.68 Å². The lowest BCUT2D eigenvalue weighted by Crippen LogP contribution is -2.62. The molecule has 8 aromatic rings. The first-order valence-electron chi connectivity index (χ1n) is 35.8. The van der Waals surface area contributed by atoms with Crippen LogP contribution < -0.4 is 9.47 Å². The van der Waals surface area contributed by atoms with Crippen molar-refractivity contribution in [1.29, 1.82) is 0 Å². The number of aryl methyl sites for hydroxylation is 2. The monoisotopic (exact) mass is 1310 g/mol. The molecule has 0 radical (unpaired) electrons. The SMILES string of the molecule is CCCCCCCCCCCCCC[C@@H](OCc1ccc(OC)cc1)[C@@H](OCc1ccc(OC)cc1)[C@H](CO[C@H]1OC(COCc2ccccc2)[C@H](OCc2ccccc2)[C@@H](OCc2ccccc2)[C@@H]1OCc1ccccc1)n1cc(CCCCCCCc2ccccc2)nn1. The second-order valence-electron chi connectivity index (χ2n) is 25.7. The minimum Gasteiger partial charge on any atom is -0.497 e. The number of unbranched alkanes of at least 4 members (excludes halogenated alkanes) is 15. The molecule has 1 unspecified atom stereocenters. The van der Waals surface area contributed by atoms with Crippen LogP contribution in [0.1, 0.15) is 173 Å². The molecule has 1 aromatic heterocycles. The molecule has 0 saturated carbocycles. The fourth-order valence-corrected chi connectivity index (χ4v) is 12.6. The number of hydrogen-bond donors (Lipinski definition) is 0. The van der Waals surface area contributed by atoms with Crippen molar-refractivity contribution in [2.24, 2.45) is 0 Å². The standard InChI is InChI=1S/C83H107N3O10/c1-4-5-6-7-8-9-10-11-12-13-17-35-48-77(90-59-71-49-53-74(87-2)54-50-71)79(91-63-72-51-55-75(88-3)56-52-72)76(86-57-73(84-85-86)47-34-16-14-15-23-36-66-37-24-18-25-38-66)64-95-83-82(94-62-70-45-32-22-33-46-70)81(93-61-69-43-30-21-31-44-69)80(92-60-68-41-28-20-29-42-68)78(96-83)65-89-58-67-39-26-19-27-40-67/h18-22,24-33,37-46,49-57,76-83H,4-17,23,34-36,47-48,58-65H2,1-3H3/t76-,77+,78?,79-,80-,81+,82-,83-/m0/s1. The molecule has 1 saturated heterocycles. The van der Waals surface area contributed by atoms with Gasteiger partial charge in [0.25, 0.3) is 0 Å². The molecule has 13 nitrogen and oxygen atoms in total. The highest BCUT2D eigenvalue weighted by molar-refractivity contribution is 5.28. The van der Waals surface area contributed by atoms with Gasteiger partial charge in [-0.2, -0.15) is 0 Å². The Kier molecular flexibility index (Phi) is 33.0. The molecule has 7 aromatic carbocycles. The van der Waals surface area contributed by atoms with E-state index in [1.165, 1.54) is 76.2 Å². The number of benzene rings is 7. The second-order valence-corrected chi connectivity index (χ2v) is 25.7. The van der Waals surface area contributed by atoms with Crippen LogP contribution in [0.5, 0.6) is 11.5 Å². The maximum Gasteiger partial charge on any atom is 0.187 e. The van der Waals surface area contributed by atoms with Crippen molar-refractivity contribution in [2.75, 3.05) is 27.4 Å². The molecule has 1 aliphatic heterocycles. The molecule has 9 rings (SSSR count). The molecule has 1 fully saturated rings. The molecule has 0 bridgehead atoms. The van der Waals surface area contributed by atoms with Gasteiger partial charge in [0, 0.05) is 6.20 Å². The van der Waals surface area contributed by atoms with Gasteiger partial charge in [0.2, 0.25) is 0 Å². The van der Waals surface area contributed by atoms with E-state index in [9.17, 15) is 0 Å². The average molecular weight is 1310 g/mol. The van der Waals surface area contributed by atoms with Gasteiger partial charge in [-0.05, 0) is 95.3 Å².